The molecule has 0 saturated carbocycles. The van der Waals surface area contributed by atoms with E-state index in [2.05, 4.69) is 5.32 Å². The summed E-state index contributed by atoms with van der Waals surface area (Å²) in [5.41, 5.74) is 0.613. The van der Waals surface area contributed by atoms with Crippen LogP contribution in [0.2, 0.25) is 0 Å². The Kier molecular flexibility index (Phi) is 8.28. The standard InChI is InChI=1S/C16H21NO4S/c1-2-3-9-13(16(20)21)17-15(19)11-22-10-14(18)12-7-5-4-6-8-12/h4-8,13H,2-3,9-11H2,1H3,(H,17,19)(H,20,21). The molecular weight excluding hydrogens is 302 g/mol. The molecular formula is C16H21NO4S. The van der Waals surface area contributed by atoms with Crippen LogP contribution in [-0.4, -0.2) is 40.3 Å². The van der Waals surface area contributed by atoms with Crippen LogP contribution in [0.25, 0.3) is 0 Å². The third-order valence-corrected chi connectivity index (χ3v) is 3.97. The second-order valence-electron chi connectivity index (χ2n) is 4.88. The third-order valence-electron chi connectivity index (χ3n) is 3.04. The molecule has 0 aromatic heterocycles. The number of ketones is 1. The number of hydrogen-bond donors (Lipinski definition) is 2. The molecule has 6 heteroatoms. The van der Waals surface area contributed by atoms with Gasteiger partial charge < -0.3 is 10.4 Å². The van der Waals surface area contributed by atoms with E-state index in [1.165, 1.54) is 11.8 Å². The predicted molar refractivity (Wildman–Crippen MR) is 87.2 cm³/mol. The Morgan fingerprint density at radius 2 is 1.86 bits per heavy atom. The minimum Gasteiger partial charge on any atom is -0.480 e. The van der Waals surface area contributed by atoms with Crippen LogP contribution < -0.4 is 5.32 Å². The zero-order chi connectivity index (χ0) is 16.4. The number of carbonyl (C=O) groups excluding carboxylic acids is 2. The van der Waals surface area contributed by atoms with Crippen molar-refractivity contribution in [2.45, 2.75) is 32.2 Å². The second-order valence-corrected chi connectivity index (χ2v) is 5.87. The number of benzene rings is 1. The van der Waals surface area contributed by atoms with Crippen LogP contribution in [0.4, 0.5) is 0 Å². The zero-order valence-corrected chi connectivity index (χ0v) is 13.4. The Balaban J connectivity index is 2.33. The van der Waals surface area contributed by atoms with E-state index < -0.39 is 12.0 Å². The van der Waals surface area contributed by atoms with Gasteiger partial charge in [-0.3, -0.25) is 9.59 Å². The number of amides is 1. The van der Waals surface area contributed by atoms with E-state index in [1.54, 1.807) is 24.3 Å². The Labute approximate surface area is 134 Å². The molecule has 5 nitrogen and oxygen atoms in total. The molecule has 1 aromatic carbocycles. The Hall–Kier alpha value is -1.82. The summed E-state index contributed by atoms with van der Waals surface area (Å²) in [5, 5.41) is 11.5. The topological polar surface area (TPSA) is 83.5 Å². The van der Waals surface area contributed by atoms with Crippen molar-refractivity contribution in [2.24, 2.45) is 0 Å². The molecule has 1 unspecified atom stereocenters. The van der Waals surface area contributed by atoms with E-state index in [9.17, 15) is 14.4 Å². The third kappa shape index (κ3) is 6.76. The number of thioether (sulfide) groups is 1. The van der Waals surface area contributed by atoms with Crippen molar-refractivity contribution in [3.8, 4) is 0 Å². The van der Waals surface area contributed by atoms with Gasteiger partial charge in [0.1, 0.15) is 6.04 Å². The lowest BCUT2D eigenvalue weighted by atomic mass is 10.1. The van der Waals surface area contributed by atoms with Gasteiger partial charge in [-0.05, 0) is 6.42 Å². The fourth-order valence-corrected chi connectivity index (χ4v) is 2.57. The van der Waals surface area contributed by atoms with Gasteiger partial charge in [0.05, 0.1) is 11.5 Å². The molecule has 0 saturated heterocycles. The molecule has 0 fully saturated rings. The lowest BCUT2D eigenvalue weighted by Crippen LogP contribution is -2.41. The average molecular weight is 323 g/mol. The molecule has 0 heterocycles. The van der Waals surface area contributed by atoms with E-state index in [1.807, 2.05) is 13.0 Å². The lowest BCUT2D eigenvalue weighted by molar-refractivity contribution is -0.141. The van der Waals surface area contributed by atoms with Crippen molar-refractivity contribution in [1.82, 2.24) is 5.32 Å². The van der Waals surface area contributed by atoms with Gasteiger partial charge in [-0.15, -0.1) is 11.8 Å². The number of aliphatic carboxylic acids is 1. The maximum absolute atomic E-state index is 11.9. The molecule has 0 spiro atoms. The van der Waals surface area contributed by atoms with Crippen molar-refractivity contribution in [2.75, 3.05) is 11.5 Å². The predicted octanol–water partition coefficient (Wildman–Crippen LogP) is 2.36. The summed E-state index contributed by atoms with van der Waals surface area (Å²) in [6.07, 6.45) is 2.04. The molecule has 0 aliphatic heterocycles. The van der Waals surface area contributed by atoms with Gasteiger partial charge in [-0.2, -0.15) is 0 Å². The molecule has 1 atom stereocenters. The highest BCUT2D eigenvalue weighted by molar-refractivity contribution is 8.00. The van der Waals surface area contributed by atoms with Crippen LogP contribution in [0.3, 0.4) is 0 Å². The molecule has 0 radical (unpaired) electrons. The number of rotatable bonds is 10. The fourth-order valence-electron chi connectivity index (χ4n) is 1.85. The van der Waals surface area contributed by atoms with E-state index >= 15 is 0 Å². The van der Waals surface area contributed by atoms with Gasteiger partial charge in [-0.25, -0.2) is 4.79 Å². The average Bonchev–Trinajstić information content (AvgIpc) is 2.51. The van der Waals surface area contributed by atoms with Crippen molar-refractivity contribution >= 4 is 29.4 Å². The van der Waals surface area contributed by atoms with Crippen molar-refractivity contribution in [3.05, 3.63) is 35.9 Å². The first-order valence-corrected chi connectivity index (χ1v) is 8.38. The summed E-state index contributed by atoms with van der Waals surface area (Å²) >= 11 is 1.19. The van der Waals surface area contributed by atoms with Gasteiger partial charge in [-0.1, -0.05) is 50.1 Å². The molecule has 0 aliphatic rings. The lowest BCUT2D eigenvalue weighted by Gasteiger charge is -2.13. The first kappa shape index (κ1) is 18.2. The smallest absolute Gasteiger partial charge is 0.326 e. The second kappa shape index (κ2) is 10.00. The Bertz CT molecular complexity index is 504. The van der Waals surface area contributed by atoms with E-state index in [0.29, 0.717) is 12.0 Å². The number of carbonyl (C=O) groups is 3. The van der Waals surface area contributed by atoms with Gasteiger partial charge in [0.2, 0.25) is 5.91 Å². The molecule has 1 rings (SSSR count). The largest absolute Gasteiger partial charge is 0.480 e. The van der Waals surface area contributed by atoms with Gasteiger partial charge in [0.15, 0.2) is 5.78 Å². The number of carboxylic acids is 1. The quantitative estimate of drug-likeness (QED) is 0.646. The Morgan fingerprint density at radius 3 is 2.45 bits per heavy atom. The highest BCUT2D eigenvalue weighted by Crippen LogP contribution is 2.08. The summed E-state index contributed by atoms with van der Waals surface area (Å²) in [6, 6.07) is 8.02. The fraction of sp³-hybridized carbons (Fsp3) is 0.438. The highest BCUT2D eigenvalue weighted by atomic mass is 32.2. The number of carboxylic acid groups (broad SMARTS) is 1. The van der Waals surface area contributed by atoms with Crippen LogP contribution in [0.5, 0.6) is 0 Å². The molecule has 0 aliphatic carbocycles. The first-order valence-electron chi connectivity index (χ1n) is 7.22. The normalized spacial score (nSPS) is 11.7. The van der Waals surface area contributed by atoms with Gasteiger partial charge >= 0.3 is 5.97 Å². The van der Waals surface area contributed by atoms with Crippen LogP contribution >= 0.6 is 11.8 Å². The first-order chi connectivity index (χ1) is 10.5. The summed E-state index contributed by atoms with van der Waals surface area (Å²) in [4.78, 5) is 34.6. The molecule has 1 aromatic rings. The van der Waals surface area contributed by atoms with Crippen LogP contribution in [0.15, 0.2) is 30.3 Å². The van der Waals surface area contributed by atoms with Crippen molar-refractivity contribution < 1.29 is 19.5 Å². The summed E-state index contributed by atoms with van der Waals surface area (Å²) in [7, 11) is 0. The highest BCUT2D eigenvalue weighted by Gasteiger charge is 2.19. The monoisotopic (exact) mass is 323 g/mol. The minimum absolute atomic E-state index is 0.0424. The summed E-state index contributed by atoms with van der Waals surface area (Å²) in [5.74, 6) is -1.14. The minimum atomic E-state index is -1.02. The summed E-state index contributed by atoms with van der Waals surface area (Å²) in [6.45, 7) is 1.96. The molecule has 120 valence electrons. The van der Waals surface area contributed by atoms with E-state index in [4.69, 9.17) is 5.11 Å². The van der Waals surface area contributed by atoms with Crippen LogP contribution in [0.1, 0.15) is 36.5 Å². The van der Waals surface area contributed by atoms with E-state index in [0.717, 1.165) is 12.8 Å². The Morgan fingerprint density at radius 1 is 1.18 bits per heavy atom. The van der Waals surface area contributed by atoms with Crippen LogP contribution in [-0.2, 0) is 9.59 Å². The van der Waals surface area contributed by atoms with Gasteiger partial charge in [0, 0.05) is 5.56 Å². The zero-order valence-electron chi connectivity index (χ0n) is 12.6. The van der Waals surface area contributed by atoms with Crippen molar-refractivity contribution in [3.63, 3.8) is 0 Å². The SMILES string of the molecule is CCCCC(NC(=O)CSCC(=O)c1ccccc1)C(=O)O. The maximum atomic E-state index is 11.9. The van der Waals surface area contributed by atoms with Gasteiger partial charge in [0.25, 0.3) is 0 Å². The number of Topliss-reactive ketones (excluding diaryl/α,β-unsaturated/α-hetero) is 1. The maximum Gasteiger partial charge on any atom is 0.326 e. The van der Waals surface area contributed by atoms with E-state index in [-0.39, 0.29) is 23.2 Å². The number of hydrogen-bond acceptors (Lipinski definition) is 4. The molecule has 22 heavy (non-hydrogen) atoms. The summed E-state index contributed by atoms with van der Waals surface area (Å²) < 4.78 is 0. The molecule has 0 bridgehead atoms. The molecule has 2 N–H and O–H groups in total. The number of unbranched alkanes of at least 4 members (excludes halogenated alkanes) is 1. The number of nitrogens with one attached hydrogen (secondary N) is 1. The van der Waals surface area contributed by atoms with Crippen molar-refractivity contribution in [1.29, 1.82) is 0 Å². The van der Waals surface area contributed by atoms with Crippen LogP contribution in [0, 0.1) is 0 Å². The molecule has 1 amide bonds.